The highest BCUT2D eigenvalue weighted by Gasteiger charge is 2.53. The van der Waals surface area contributed by atoms with Gasteiger partial charge in [0.25, 0.3) is 0 Å². The molecule has 3 heterocycles. The molecule has 17 atom stereocenters. The zero-order valence-corrected chi connectivity index (χ0v) is 40.0. The second-order valence-corrected chi connectivity index (χ2v) is 17.2. The summed E-state index contributed by atoms with van der Waals surface area (Å²) in [5.41, 5.74) is 0. The molecular weight excluding hydrogens is 903 g/mol. The molecule has 3 aliphatic heterocycles. The summed E-state index contributed by atoms with van der Waals surface area (Å²) in [6.45, 7) is 1.35. The van der Waals surface area contributed by atoms with E-state index in [4.69, 9.17) is 28.4 Å². The molecule has 394 valence electrons. The van der Waals surface area contributed by atoms with Crippen molar-refractivity contribution in [3.8, 4) is 0 Å². The molecule has 0 aliphatic carbocycles. The van der Waals surface area contributed by atoms with Crippen molar-refractivity contribution in [2.24, 2.45) is 0 Å². The summed E-state index contributed by atoms with van der Waals surface area (Å²) in [6.07, 6.45) is 11.0. The van der Waals surface area contributed by atoms with Gasteiger partial charge in [-0.1, -0.05) is 112 Å². The Bertz CT molecular complexity index is 1600. The monoisotopic (exact) mass is 984 g/mol. The summed E-state index contributed by atoms with van der Waals surface area (Å²) in [6, 6.07) is -1.01. The van der Waals surface area contributed by atoms with E-state index in [1.54, 1.807) is 12.2 Å². The number of aliphatic hydroxyl groups is 11. The van der Waals surface area contributed by atoms with Crippen LogP contribution in [0.15, 0.2) is 85.1 Å². The number of carbonyl (C=O) groups is 1. The number of rotatable bonds is 31. The van der Waals surface area contributed by atoms with Crippen molar-refractivity contribution in [3.05, 3.63) is 85.1 Å². The molecule has 3 aliphatic rings. The summed E-state index contributed by atoms with van der Waals surface area (Å²) < 4.78 is 33.9. The number of aliphatic hydroxyl groups excluding tert-OH is 11. The van der Waals surface area contributed by atoms with Crippen molar-refractivity contribution in [1.29, 1.82) is 0 Å². The third kappa shape index (κ3) is 20.5. The van der Waals surface area contributed by atoms with E-state index in [9.17, 15) is 61.0 Å². The molecule has 0 spiro atoms. The van der Waals surface area contributed by atoms with Crippen LogP contribution in [0.2, 0.25) is 0 Å². The number of hydrogen-bond acceptors (Lipinski definition) is 18. The van der Waals surface area contributed by atoms with E-state index in [-0.39, 0.29) is 12.3 Å². The zero-order valence-electron chi connectivity index (χ0n) is 40.0. The number of allylic oxidation sites excluding steroid dienone is 13. The van der Waals surface area contributed by atoms with Crippen LogP contribution in [0.5, 0.6) is 0 Å². The molecule has 3 rings (SSSR count). The van der Waals surface area contributed by atoms with Crippen molar-refractivity contribution in [3.63, 3.8) is 0 Å². The standard InChI is InChI=1S/C50H81NO18/c1-3-5-7-9-10-11-12-13-14-15-16-17-18-19-20-21-22-24-26-28-38(56)51-33(34(55)27-25-23-8-6-4-2)32-64-48-44(62)41(59)46(36(30-53)66-48)69-50-45(63)42(60)47(37(31-54)67-50)68-49-43(61)40(58)39(57)35(29-52)65-49/h5,7,10-11,13-14,16-17,19-20,22,24-25,27,33-37,39-50,52-55,57-63H,3-4,6,8-9,12,15,18,21,23,26,28-32H2,1-2H3,(H,51,56)/b7-5-,11-10-,14-13-,17-16-,20-19-,24-22-,27-25+. The summed E-state index contributed by atoms with van der Waals surface area (Å²) in [4.78, 5) is 13.1. The molecule has 0 radical (unpaired) electrons. The van der Waals surface area contributed by atoms with Gasteiger partial charge < -0.3 is 89.9 Å². The predicted molar refractivity (Wildman–Crippen MR) is 254 cm³/mol. The first-order valence-corrected chi connectivity index (χ1v) is 24.3. The number of hydrogen-bond donors (Lipinski definition) is 12. The van der Waals surface area contributed by atoms with Crippen LogP contribution < -0.4 is 5.32 Å². The Morgan fingerprint density at radius 2 is 0.986 bits per heavy atom. The van der Waals surface area contributed by atoms with E-state index < -0.39 is 131 Å². The lowest BCUT2D eigenvalue weighted by Crippen LogP contribution is -2.66. The van der Waals surface area contributed by atoms with Gasteiger partial charge in [-0.05, 0) is 57.8 Å². The van der Waals surface area contributed by atoms with Crippen molar-refractivity contribution < 1.29 is 89.4 Å². The van der Waals surface area contributed by atoms with Gasteiger partial charge in [0.15, 0.2) is 18.9 Å². The summed E-state index contributed by atoms with van der Waals surface area (Å²) >= 11 is 0. The molecule has 3 fully saturated rings. The Morgan fingerprint density at radius 1 is 0.536 bits per heavy atom. The summed E-state index contributed by atoms with van der Waals surface area (Å²) in [5.74, 6) is -0.372. The van der Waals surface area contributed by atoms with Crippen molar-refractivity contribution in [1.82, 2.24) is 5.32 Å². The lowest BCUT2D eigenvalue weighted by Gasteiger charge is -2.48. The van der Waals surface area contributed by atoms with E-state index in [0.29, 0.717) is 19.3 Å². The van der Waals surface area contributed by atoms with Gasteiger partial charge in [-0.15, -0.1) is 0 Å². The maximum atomic E-state index is 13.1. The second kappa shape index (κ2) is 34.4. The molecule has 0 bridgehead atoms. The minimum absolute atomic E-state index is 0.111. The fourth-order valence-electron chi connectivity index (χ4n) is 7.62. The van der Waals surface area contributed by atoms with Crippen LogP contribution in [0.4, 0.5) is 0 Å². The topological polar surface area (TPSA) is 307 Å². The maximum absolute atomic E-state index is 13.1. The maximum Gasteiger partial charge on any atom is 0.220 e. The number of carbonyl (C=O) groups excluding carboxylic acids is 1. The highest BCUT2D eigenvalue weighted by atomic mass is 16.8. The number of ether oxygens (including phenoxy) is 6. The molecule has 19 heteroatoms. The first kappa shape index (κ1) is 60.3. The molecule has 1 amide bonds. The minimum atomic E-state index is -1.99. The molecule has 0 aromatic carbocycles. The highest BCUT2D eigenvalue weighted by Crippen LogP contribution is 2.33. The predicted octanol–water partition coefficient (Wildman–Crippen LogP) is 0.911. The number of nitrogens with one attached hydrogen (secondary N) is 1. The van der Waals surface area contributed by atoms with Gasteiger partial charge in [-0.2, -0.15) is 0 Å². The largest absolute Gasteiger partial charge is 0.394 e. The van der Waals surface area contributed by atoms with Gasteiger partial charge in [0.05, 0.1) is 38.6 Å². The van der Waals surface area contributed by atoms with Gasteiger partial charge in [0, 0.05) is 6.42 Å². The van der Waals surface area contributed by atoms with Crippen LogP contribution in [-0.2, 0) is 33.2 Å². The Labute approximate surface area is 406 Å². The van der Waals surface area contributed by atoms with Crippen molar-refractivity contribution >= 4 is 5.91 Å². The Hall–Kier alpha value is -3.03. The third-order valence-electron chi connectivity index (χ3n) is 11.7. The van der Waals surface area contributed by atoms with E-state index in [2.05, 4.69) is 73.8 Å². The Balaban J connectivity index is 1.53. The van der Waals surface area contributed by atoms with Crippen LogP contribution >= 0.6 is 0 Å². The average molecular weight is 984 g/mol. The van der Waals surface area contributed by atoms with E-state index >= 15 is 0 Å². The lowest BCUT2D eigenvalue weighted by molar-refractivity contribution is -0.379. The Kier molecular flexibility index (Phi) is 30.0. The zero-order chi connectivity index (χ0) is 50.6. The number of unbranched alkanes of at least 4 members (excludes halogenated alkanes) is 3. The summed E-state index contributed by atoms with van der Waals surface area (Å²) in [7, 11) is 0. The second-order valence-electron chi connectivity index (χ2n) is 17.2. The highest BCUT2D eigenvalue weighted by molar-refractivity contribution is 5.76. The van der Waals surface area contributed by atoms with Crippen LogP contribution in [0, 0.1) is 0 Å². The van der Waals surface area contributed by atoms with E-state index in [0.717, 1.165) is 51.4 Å². The minimum Gasteiger partial charge on any atom is -0.394 e. The van der Waals surface area contributed by atoms with Crippen LogP contribution in [0.1, 0.15) is 90.9 Å². The summed E-state index contributed by atoms with van der Waals surface area (Å²) in [5, 5.41) is 119. The van der Waals surface area contributed by atoms with Crippen molar-refractivity contribution in [2.75, 3.05) is 26.4 Å². The molecule has 17 unspecified atom stereocenters. The molecule has 12 N–H and O–H groups in total. The van der Waals surface area contributed by atoms with Crippen molar-refractivity contribution in [2.45, 2.75) is 195 Å². The first-order valence-electron chi connectivity index (χ1n) is 24.3. The van der Waals surface area contributed by atoms with Crippen LogP contribution in [0.3, 0.4) is 0 Å². The van der Waals surface area contributed by atoms with Crippen LogP contribution in [0.25, 0.3) is 0 Å². The lowest BCUT2D eigenvalue weighted by atomic mass is 9.96. The Morgan fingerprint density at radius 3 is 1.48 bits per heavy atom. The molecule has 19 nitrogen and oxygen atoms in total. The molecular formula is C50H81NO18. The number of amides is 1. The van der Waals surface area contributed by atoms with Gasteiger partial charge in [0.1, 0.15) is 73.2 Å². The third-order valence-corrected chi connectivity index (χ3v) is 11.7. The van der Waals surface area contributed by atoms with Gasteiger partial charge in [-0.3, -0.25) is 4.79 Å². The average Bonchev–Trinajstić information content (AvgIpc) is 3.34. The van der Waals surface area contributed by atoms with Crippen LogP contribution in [-0.4, -0.2) is 193 Å². The fourth-order valence-corrected chi connectivity index (χ4v) is 7.62. The van der Waals surface area contributed by atoms with E-state index in [1.165, 1.54) is 0 Å². The molecule has 0 aromatic heterocycles. The van der Waals surface area contributed by atoms with Gasteiger partial charge in [-0.25, -0.2) is 0 Å². The fraction of sp³-hybridized carbons (Fsp3) is 0.700. The molecule has 69 heavy (non-hydrogen) atoms. The smallest absolute Gasteiger partial charge is 0.220 e. The first-order chi connectivity index (χ1) is 33.3. The molecule has 3 saturated heterocycles. The molecule has 0 aromatic rings. The SMILES string of the molecule is CC/C=C\C/C=C\C/C=C\C/C=C\C/C=C\C/C=C\CCC(=O)NC(COC1OC(CO)C(OC2OC(CO)C(OC3OC(CO)C(O)C(O)C3O)C(O)C2O)C(O)C1O)C(O)/C=C/CCCCC. The van der Waals surface area contributed by atoms with Gasteiger partial charge in [0.2, 0.25) is 5.91 Å². The van der Waals surface area contributed by atoms with Gasteiger partial charge >= 0.3 is 0 Å². The quantitative estimate of drug-likeness (QED) is 0.0339. The normalized spacial score (nSPS) is 33.6. The van der Waals surface area contributed by atoms with E-state index in [1.807, 2.05) is 18.2 Å². The molecule has 0 saturated carbocycles.